The minimum Gasteiger partial charge on any atom is -0.454 e. The van der Waals surface area contributed by atoms with E-state index in [1.165, 1.54) is 16.7 Å². The van der Waals surface area contributed by atoms with Crippen LogP contribution in [0.2, 0.25) is 0 Å². The zero-order chi connectivity index (χ0) is 16.9. The zero-order valence-corrected chi connectivity index (χ0v) is 14.2. The first-order valence-corrected chi connectivity index (χ1v) is 8.33. The minimum absolute atomic E-state index is 0.0933. The van der Waals surface area contributed by atoms with Crippen molar-refractivity contribution < 1.29 is 14.3 Å². The van der Waals surface area contributed by atoms with Crippen LogP contribution in [-0.4, -0.2) is 19.2 Å². The van der Waals surface area contributed by atoms with Crippen molar-refractivity contribution in [1.82, 2.24) is 5.32 Å². The summed E-state index contributed by atoms with van der Waals surface area (Å²) in [6.45, 7) is 5.10. The van der Waals surface area contributed by atoms with Crippen LogP contribution < -0.4 is 14.8 Å². The molecule has 126 valence electrons. The van der Waals surface area contributed by atoms with Crippen LogP contribution in [-0.2, 0) is 17.6 Å². The molecule has 1 aliphatic rings. The second-order valence-electron chi connectivity index (χ2n) is 6.22. The monoisotopic (exact) mass is 325 g/mol. The van der Waals surface area contributed by atoms with E-state index in [2.05, 4.69) is 37.4 Å². The average molecular weight is 325 g/mol. The maximum Gasteiger partial charge on any atom is 0.231 e. The van der Waals surface area contributed by atoms with E-state index in [0.29, 0.717) is 13.0 Å². The lowest BCUT2D eigenvalue weighted by Gasteiger charge is -2.08. The highest BCUT2D eigenvalue weighted by Crippen LogP contribution is 2.32. The van der Waals surface area contributed by atoms with Gasteiger partial charge in [-0.2, -0.15) is 0 Å². The van der Waals surface area contributed by atoms with Gasteiger partial charge >= 0.3 is 0 Å². The molecule has 0 atom stereocenters. The first-order chi connectivity index (χ1) is 11.6. The van der Waals surface area contributed by atoms with E-state index in [9.17, 15) is 4.79 Å². The third-order valence-electron chi connectivity index (χ3n) is 4.29. The molecule has 24 heavy (non-hydrogen) atoms. The van der Waals surface area contributed by atoms with Crippen LogP contribution >= 0.6 is 0 Å². The number of amides is 1. The van der Waals surface area contributed by atoms with Gasteiger partial charge in [0.05, 0.1) is 0 Å². The van der Waals surface area contributed by atoms with Crippen LogP contribution in [0.4, 0.5) is 0 Å². The summed E-state index contributed by atoms with van der Waals surface area (Å²) in [5, 5.41) is 2.99. The summed E-state index contributed by atoms with van der Waals surface area (Å²) in [6.07, 6.45) is 2.08. The van der Waals surface area contributed by atoms with E-state index in [1.807, 2.05) is 18.2 Å². The van der Waals surface area contributed by atoms with Crippen molar-refractivity contribution in [1.29, 1.82) is 0 Å². The van der Waals surface area contributed by atoms with Gasteiger partial charge in [0.15, 0.2) is 11.5 Å². The number of hydrogen-bond donors (Lipinski definition) is 1. The summed E-state index contributed by atoms with van der Waals surface area (Å²) >= 11 is 0. The second kappa shape index (κ2) is 7.39. The van der Waals surface area contributed by atoms with E-state index in [-0.39, 0.29) is 12.7 Å². The van der Waals surface area contributed by atoms with Gasteiger partial charge in [-0.05, 0) is 55.5 Å². The molecule has 0 fully saturated rings. The molecule has 1 N–H and O–H groups in total. The Labute approximate surface area is 142 Å². The summed E-state index contributed by atoms with van der Waals surface area (Å²) in [4.78, 5) is 12.0. The van der Waals surface area contributed by atoms with Crippen LogP contribution in [0.5, 0.6) is 11.5 Å². The molecule has 1 amide bonds. The predicted molar refractivity (Wildman–Crippen MR) is 93.5 cm³/mol. The fraction of sp³-hybridized carbons (Fsp3) is 0.350. The van der Waals surface area contributed by atoms with Gasteiger partial charge in [0.2, 0.25) is 12.7 Å². The molecule has 1 aliphatic heterocycles. The Hall–Kier alpha value is -2.49. The van der Waals surface area contributed by atoms with Crippen LogP contribution in [0, 0.1) is 13.8 Å². The number of nitrogens with one attached hydrogen (secondary N) is 1. The SMILES string of the molecule is Cc1ccc(CCC(=O)NCCc2ccc3c(c2)OCO3)c(C)c1. The first kappa shape index (κ1) is 16.4. The molecule has 2 aromatic rings. The Balaban J connectivity index is 1.42. The number of ether oxygens (including phenoxy) is 2. The van der Waals surface area contributed by atoms with E-state index < -0.39 is 0 Å². The molecule has 0 aliphatic carbocycles. The fourth-order valence-corrected chi connectivity index (χ4v) is 2.91. The zero-order valence-electron chi connectivity index (χ0n) is 14.2. The van der Waals surface area contributed by atoms with Crippen molar-refractivity contribution in [3.8, 4) is 11.5 Å². The number of aryl methyl sites for hydroxylation is 3. The summed E-state index contributed by atoms with van der Waals surface area (Å²) < 4.78 is 10.7. The van der Waals surface area contributed by atoms with Crippen molar-refractivity contribution in [3.63, 3.8) is 0 Å². The van der Waals surface area contributed by atoms with Crippen LogP contribution in [0.25, 0.3) is 0 Å². The molecule has 0 saturated heterocycles. The number of carbonyl (C=O) groups excluding carboxylic acids is 1. The number of hydrogen-bond acceptors (Lipinski definition) is 3. The summed E-state index contributed by atoms with van der Waals surface area (Å²) in [6, 6.07) is 12.3. The lowest BCUT2D eigenvalue weighted by molar-refractivity contribution is -0.121. The molecular formula is C20H23NO3. The molecule has 0 unspecified atom stereocenters. The number of rotatable bonds is 6. The van der Waals surface area contributed by atoms with Crippen molar-refractivity contribution in [2.75, 3.05) is 13.3 Å². The highest BCUT2D eigenvalue weighted by atomic mass is 16.7. The van der Waals surface area contributed by atoms with Crippen molar-refractivity contribution in [3.05, 3.63) is 58.7 Å². The molecule has 0 bridgehead atoms. The van der Waals surface area contributed by atoms with E-state index in [0.717, 1.165) is 29.9 Å². The highest BCUT2D eigenvalue weighted by molar-refractivity contribution is 5.76. The predicted octanol–water partition coefficient (Wildman–Crippen LogP) is 3.32. The molecule has 0 spiro atoms. The Morgan fingerprint density at radius 2 is 1.88 bits per heavy atom. The number of carbonyl (C=O) groups is 1. The normalized spacial score (nSPS) is 12.2. The second-order valence-corrected chi connectivity index (χ2v) is 6.22. The summed E-state index contributed by atoms with van der Waals surface area (Å²) in [7, 11) is 0. The maximum absolute atomic E-state index is 12.0. The molecule has 0 radical (unpaired) electrons. The Kier molecular flexibility index (Phi) is 5.04. The summed E-state index contributed by atoms with van der Waals surface area (Å²) in [5.41, 5.74) is 4.88. The van der Waals surface area contributed by atoms with Gasteiger partial charge in [-0.1, -0.05) is 29.8 Å². The molecular weight excluding hydrogens is 302 g/mol. The van der Waals surface area contributed by atoms with E-state index >= 15 is 0 Å². The average Bonchev–Trinajstić information content (AvgIpc) is 3.02. The van der Waals surface area contributed by atoms with Crippen molar-refractivity contribution in [2.45, 2.75) is 33.1 Å². The molecule has 2 aromatic carbocycles. The largest absolute Gasteiger partial charge is 0.454 e. The van der Waals surface area contributed by atoms with E-state index in [4.69, 9.17) is 9.47 Å². The smallest absolute Gasteiger partial charge is 0.231 e. The molecule has 0 saturated carbocycles. The van der Waals surface area contributed by atoms with Gasteiger partial charge in [-0.3, -0.25) is 4.79 Å². The highest BCUT2D eigenvalue weighted by Gasteiger charge is 2.13. The molecule has 1 heterocycles. The molecule has 4 heteroatoms. The van der Waals surface area contributed by atoms with Gasteiger partial charge in [0, 0.05) is 13.0 Å². The quantitative estimate of drug-likeness (QED) is 0.886. The van der Waals surface area contributed by atoms with Gasteiger partial charge in [-0.15, -0.1) is 0 Å². The van der Waals surface area contributed by atoms with Crippen LogP contribution in [0.15, 0.2) is 36.4 Å². The summed E-state index contributed by atoms with van der Waals surface area (Å²) in [5.74, 6) is 1.67. The Bertz CT molecular complexity index is 740. The van der Waals surface area contributed by atoms with Gasteiger partial charge in [0.25, 0.3) is 0 Å². The third-order valence-corrected chi connectivity index (χ3v) is 4.29. The molecule has 4 nitrogen and oxygen atoms in total. The van der Waals surface area contributed by atoms with Gasteiger partial charge < -0.3 is 14.8 Å². The Morgan fingerprint density at radius 3 is 2.71 bits per heavy atom. The van der Waals surface area contributed by atoms with E-state index in [1.54, 1.807) is 0 Å². The van der Waals surface area contributed by atoms with Crippen molar-refractivity contribution in [2.24, 2.45) is 0 Å². The van der Waals surface area contributed by atoms with Crippen LogP contribution in [0.1, 0.15) is 28.7 Å². The lowest BCUT2D eigenvalue weighted by atomic mass is 10.0. The molecule has 3 rings (SSSR count). The minimum atomic E-state index is 0.0933. The van der Waals surface area contributed by atoms with Crippen molar-refractivity contribution >= 4 is 5.91 Å². The number of fused-ring (bicyclic) bond motifs is 1. The maximum atomic E-state index is 12.0. The topological polar surface area (TPSA) is 47.6 Å². The fourth-order valence-electron chi connectivity index (χ4n) is 2.91. The lowest BCUT2D eigenvalue weighted by Crippen LogP contribution is -2.25. The third kappa shape index (κ3) is 4.07. The first-order valence-electron chi connectivity index (χ1n) is 8.33. The number of benzene rings is 2. The Morgan fingerprint density at radius 1 is 1.04 bits per heavy atom. The van der Waals surface area contributed by atoms with Gasteiger partial charge in [0.1, 0.15) is 0 Å². The van der Waals surface area contributed by atoms with Gasteiger partial charge in [-0.25, -0.2) is 0 Å². The molecule has 0 aromatic heterocycles. The van der Waals surface area contributed by atoms with Crippen LogP contribution in [0.3, 0.4) is 0 Å². The standard InChI is InChI=1S/C20H23NO3/c1-14-3-5-17(15(2)11-14)6-8-20(22)21-10-9-16-4-7-18-19(12-16)24-13-23-18/h3-5,7,11-12H,6,8-10,13H2,1-2H3,(H,21,22).